The summed E-state index contributed by atoms with van der Waals surface area (Å²) in [4.78, 5) is 25.3. The molecule has 0 radical (unpaired) electrons. The average molecular weight is 352 g/mol. The first-order valence-electron chi connectivity index (χ1n) is 9.53. The molecular weight excluding hydrogens is 328 g/mol. The van der Waals surface area contributed by atoms with Gasteiger partial charge in [0.15, 0.2) is 0 Å². The zero-order valence-corrected chi connectivity index (χ0v) is 15.1. The molecule has 1 saturated carbocycles. The Morgan fingerprint density at radius 1 is 0.962 bits per heavy atom. The van der Waals surface area contributed by atoms with Crippen LogP contribution in [0.25, 0.3) is 0 Å². The van der Waals surface area contributed by atoms with Crippen LogP contribution in [0.4, 0.5) is 11.6 Å². The van der Waals surface area contributed by atoms with Crippen molar-refractivity contribution < 1.29 is 0 Å². The van der Waals surface area contributed by atoms with E-state index in [1.807, 2.05) is 6.07 Å². The van der Waals surface area contributed by atoms with E-state index >= 15 is 0 Å². The van der Waals surface area contributed by atoms with Crippen LogP contribution >= 0.6 is 0 Å². The van der Waals surface area contributed by atoms with Gasteiger partial charge in [-0.25, -0.2) is 14.6 Å². The third kappa shape index (κ3) is 2.66. The van der Waals surface area contributed by atoms with Crippen LogP contribution in [0, 0.1) is 11.8 Å². The van der Waals surface area contributed by atoms with Crippen LogP contribution < -0.4 is 15.4 Å². The zero-order chi connectivity index (χ0) is 17.7. The zero-order valence-electron chi connectivity index (χ0n) is 15.1. The number of hydrogen-bond donors (Lipinski definition) is 0. The van der Waals surface area contributed by atoms with Crippen LogP contribution in [0.5, 0.6) is 0 Å². The van der Waals surface area contributed by atoms with Gasteiger partial charge in [-0.05, 0) is 18.9 Å². The van der Waals surface area contributed by atoms with Crippen molar-refractivity contribution in [2.45, 2.75) is 25.2 Å². The molecular formula is C19H24N6O. The molecule has 5 rings (SSSR count). The number of nitrogens with zero attached hydrogens (tertiary/aromatic N) is 6. The molecule has 2 unspecified atom stereocenters. The van der Waals surface area contributed by atoms with E-state index in [1.165, 1.54) is 29.6 Å². The Hall–Kier alpha value is -2.44. The second kappa shape index (κ2) is 6.07. The second-order valence-corrected chi connectivity index (χ2v) is 7.91. The fourth-order valence-electron chi connectivity index (χ4n) is 4.49. The van der Waals surface area contributed by atoms with Gasteiger partial charge in [0.2, 0.25) is 0 Å². The van der Waals surface area contributed by atoms with Crippen molar-refractivity contribution in [2.24, 2.45) is 18.9 Å². The van der Waals surface area contributed by atoms with Crippen LogP contribution in [0.15, 0.2) is 29.3 Å². The lowest BCUT2D eigenvalue weighted by Crippen LogP contribution is -2.31. The van der Waals surface area contributed by atoms with Crippen molar-refractivity contribution in [2.75, 3.05) is 36.0 Å². The van der Waals surface area contributed by atoms with Crippen LogP contribution in [-0.4, -0.2) is 45.9 Å². The molecule has 0 amide bonds. The fourth-order valence-corrected chi connectivity index (χ4v) is 4.49. The Balaban J connectivity index is 1.28. The van der Waals surface area contributed by atoms with Crippen molar-refractivity contribution in [3.8, 4) is 0 Å². The lowest BCUT2D eigenvalue weighted by Gasteiger charge is -2.26. The third-order valence-electron chi connectivity index (χ3n) is 6.28. The molecule has 0 N–H and O–H groups in total. The number of aryl methyl sites for hydroxylation is 1. The highest BCUT2D eigenvalue weighted by molar-refractivity contribution is 5.45. The summed E-state index contributed by atoms with van der Waals surface area (Å²) in [6.07, 6.45) is 5.59. The molecule has 2 saturated heterocycles. The number of hydrogen-bond acceptors (Lipinski definition) is 6. The summed E-state index contributed by atoms with van der Waals surface area (Å²) in [5.74, 6) is 3.88. The topological polar surface area (TPSA) is 67.2 Å². The maximum atomic E-state index is 11.5. The minimum absolute atomic E-state index is 0.0645. The first-order valence-corrected chi connectivity index (χ1v) is 9.53. The van der Waals surface area contributed by atoms with E-state index in [2.05, 4.69) is 30.9 Å². The lowest BCUT2D eigenvalue weighted by atomic mass is 9.83. The molecule has 7 heteroatoms. The highest BCUT2D eigenvalue weighted by Gasteiger charge is 2.41. The van der Waals surface area contributed by atoms with Gasteiger partial charge in [-0.3, -0.25) is 4.79 Å². The summed E-state index contributed by atoms with van der Waals surface area (Å²) >= 11 is 0. The molecule has 0 aromatic carbocycles. The monoisotopic (exact) mass is 352 g/mol. The smallest absolute Gasteiger partial charge is 0.266 e. The molecule has 2 aliphatic heterocycles. The van der Waals surface area contributed by atoms with Crippen LogP contribution in [0.3, 0.4) is 0 Å². The second-order valence-electron chi connectivity index (χ2n) is 7.91. The van der Waals surface area contributed by atoms with Crippen LogP contribution in [0.1, 0.15) is 30.9 Å². The predicted octanol–water partition coefficient (Wildman–Crippen LogP) is 1.41. The number of aromatic nitrogens is 4. The van der Waals surface area contributed by atoms with Crippen molar-refractivity contribution in [1.82, 2.24) is 19.7 Å². The van der Waals surface area contributed by atoms with Crippen LogP contribution in [0.2, 0.25) is 0 Å². The van der Waals surface area contributed by atoms with Crippen molar-refractivity contribution in [3.63, 3.8) is 0 Å². The first kappa shape index (κ1) is 15.8. The Labute approximate surface area is 152 Å². The van der Waals surface area contributed by atoms with Gasteiger partial charge in [-0.2, -0.15) is 5.10 Å². The van der Waals surface area contributed by atoms with E-state index in [1.54, 1.807) is 19.4 Å². The van der Waals surface area contributed by atoms with Crippen molar-refractivity contribution in [1.29, 1.82) is 0 Å². The molecule has 3 aliphatic rings. The van der Waals surface area contributed by atoms with E-state index in [0.717, 1.165) is 37.8 Å². The normalized spacial score (nSPS) is 25.4. The number of anilines is 2. The minimum Gasteiger partial charge on any atom is -0.356 e. The van der Waals surface area contributed by atoms with E-state index in [0.29, 0.717) is 17.8 Å². The Morgan fingerprint density at radius 3 is 2.27 bits per heavy atom. The number of rotatable bonds is 3. The SMILES string of the molecule is Cn1nc(N2CC3CN(c4cc(C5CCC5)ncn4)CC3C2)ccc1=O. The summed E-state index contributed by atoms with van der Waals surface area (Å²) in [5, 5.41) is 4.40. The maximum Gasteiger partial charge on any atom is 0.266 e. The van der Waals surface area contributed by atoms with Gasteiger partial charge in [-0.15, -0.1) is 0 Å². The Morgan fingerprint density at radius 2 is 1.65 bits per heavy atom. The van der Waals surface area contributed by atoms with Gasteiger partial charge in [0, 0.05) is 68.8 Å². The third-order valence-corrected chi connectivity index (χ3v) is 6.28. The summed E-state index contributed by atoms with van der Waals surface area (Å²) in [5.41, 5.74) is 1.15. The van der Waals surface area contributed by atoms with Gasteiger partial charge in [0.1, 0.15) is 18.0 Å². The van der Waals surface area contributed by atoms with Gasteiger partial charge < -0.3 is 9.80 Å². The van der Waals surface area contributed by atoms with Crippen molar-refractivity contribution in [3.05, 3.63) is 40.6 Å². The molecule has 4 heterocycles. The van der Waals surface area contributed by atoms with Gasteiger partial charge in [-0.1, -0.05) is 6.42 Å². The number of fused-ring (bicyclic) bond motifs is 1. The minimum atomic E-state index is -0.0645. The van der Waals surface area contributed by atoms with Gasteiger partial charge in [0.05, 0.1) is 0 Å². The molecule has 3 fully saturated rings. The molecule has 2 aromatic heterocycles. The van der Waals surface area contributed by atoms with Gasteiger partial charge in [0.25, 0.3) is 5.56 Å². The van der Waals surface area contributed by atoms with E-state index < -0.39 is 0 Å². The Kier molecular flexibility index (Phi) is 3.69. The average Bonchev–Trinajstić information content (AvgIpc) is 3.15. The molecule has 136 valence electrons. The van der Waals surface area contributed by atoms with E-state index in [-0.39, 0.29) is 5.56 Å². The quantitative estimate of drug-likeness (QED) is 0.832. The molecule has 2 aromatic rings. The first-order chi connectivity index (χ1) is 12.7. The summed E-state index contributed by atoms with van der Waals surface area (Å²) < 4.78 is 1.42. The standard InChI is InChI=1S/C19H24N6O/c1-23-19(26)6-5-17(22-23)24-8-14-10-25(11-15(14)9-24)18-7-16(20-12-21-18)13-3-2-4-13/h5-7,12-15H,2-4,8-11H2,1H3. The molecule has 2 atom stereocenters. The Bertz CT molecular complexity index is 862. The molecule has 0 bridgehead atoms. The highest BCUT2D eigenvalue weighted by Crippen LogP contribution is 2.38. The largest absolute Gasteiger partial charge is 0.356 e. The predicted molar refractivity (Wildman–Crippen MR) is 99.5 cm³/mol. The van der Waals surface area contributed by atoms with E-state index in [4.69, 9.17) is 0 Å². The summed E-state index contributed by atoms with van der Waals surface area (Å²) in [6, 6.07) is 5.65. The summed E-state index contributed by atoms with van der Waals surface area (Å²) in [6.45, 7) is 4.06. The van der Waals surface area contributed by atoms with Crippen LogP contribution in [-0.2, 0) is 7.05 Å². The molecule has 7 nitrogen and oxygen atoms in total. The fraction of sp³-hybridized carbons (Fsp3) is 0.579. The molecule has 1 aliphatic carbocycles. The maximum absolute atomic E-state index is 11.5. The van der Waals surface area contributed by atoms with Gasteiger partial charge >= 0.3 is 0 Å². The molecule has 26 heavy (non-hydrogen) atoms. The highest BCUT2D eigenvalue weighted by atomic mass is 16.1. The molecule has 0 spiro atoms. The lowest BCUT2D eigenvalue weighted by molar-refractivity contribution is 0.410. The van der Waals surface area contributed by atoms with E-state index in [9.17, 15) is 4.79 Å². The van der Waals surface area contributed by atoms with Crippen molar-refractivity contribution >= 4 is 11.6 Å². The summed E-state index contributed by atoms with van der Waals surface area (Å²) in [7, 11) is 1.71.